The van der Waals surface area contributed by atoms with Gasteiger partial charge in [0.05, 0.1) is 27.6 Å². The zero-order valence-electron chi connectivity index (χ0n) is 35.2. The van der Waals surface area contributed by atoms with Crippen molar-refractivity contribution in [2.45, 2.75) is 26.2 Å². The second kappa shape index (κ2) is 12.4. The smallest absolute Gasteiger partial charge is 0.256 e. The number of nitrogens with zero attached hydrogens (tertiary/aromatic N) is 3. The van der Waals surface area contributed by atoms with Gasteiger partial charge in [-0.15, -0.1) is 0 Å². The Morgan fingerprint density at radius 2 is 0.952 bits per heavy atom. The molecule has 296 valence electrons. The Labute approximate surface area is 364 Å². The summed E-state index contributed by atoms with van der Waals surface area (Å²) in [6.45, 7) is 6.79. The summed E-state index contributed by atoms with van der Waals surface area (Å²) in [7, 11) is 0. The van der Waals surface area contributed by atoms with Crippen LogP contribution in [0.3, 0.4) is 0 Å². The van der Waals surface area contributed by atoms with Crippen LogP contribution in [0.1, 0.15) is 26.3 Å². The number of benzene rings is 9. The van der Waals surface area contributed by atoms with Crippen LogP contribution in [-0.2, 0) is 5.41 Å². The van der Waals surface area contributed by atoms with Gasteiger partial charge in [0.15, 0.2) is 0 Å². The Balaban J connectivity index is 1.15. The molecule has 0 aliphatic carbocycles. The minimum Gasteiger partial charge on any atom is -0.458 e. The number of fused-ring (bicyclic) bond motifs is 13. The first kappa shape index (κ1) is 34.9. The lowest BCUT2D eigenvalue weighted by atomic mass is 9.34. The highest BCUT2D eigenvalue weighted by molar-refractivity contribution is 6.99. The Bertz CT molecular complexity index is 3830. The summed E-state index contributed by atoms with van der Waals surface area (Å²) < 4.78 is 14.6. The van der Waals surface area contributed by atoms with Gasteiger partial charge in [-0.2, -0.15) is 0 Å². The molecule has 2 aliphatic heterocycles. The third kappa shape index (κ3) is 4.77. The summed E-state index contributed by atoms with van der Waals surface area (Å²) in [6.07, 6.45) is 0. The summed E-state index contributed by atoms with van der Waals surface area (Å²) in [5.74, 6) is 1.85. The third-order valence-electron chi connectivity index (χ3n) is 14.0. The van der Waals surface area contributed by atoms with Gasteiger partial charge >= 0.3 is 0 Å². The van der Waals surface area contributed by atoms with Crippen molar-refractivity contribution < 1.29 is 4.74 Å². The Hall–Kier alpha value is -7.76. The van der Waals surface area contributed by atoms with E-state index in [1.807, 2.05) is 0 Å². The van der Waals surface area contributed by atoms with Crippen LogP contribution in [-0.4, -0.2) is 20.4 Å². The van der Waals surface area contributed by atoms with Gasteiger partial charge in [0.2, 0.25) is 0 Å². The van der Waals surface area contributed by atoms with Crippen molar-refractivity contribution in [3.05, 3.63) is 194 Å². The maximum Gasteiger partial charge on any atom is 0.256 e. The molecule has 0 spiro atoms. The molecule has 0 saturated heterocycles. The van der Waals surface area contributed by atoms with E-state index in [2.05, 4.69) is 223 Å². The van der Waals surface area contributed by atoms with Crippen LogP contribution in [0.2, 0.25) is 0 Å². The lowest BCUT2D eigenvalue weighted by Crippen LogP contribution is -2.58. The molecule has 0 fully saturated rings. The van der Waals surface area contributed by atoms with Crippen molar-refractivity contribution >= 4 is 88.5 Å². The maximum absolute atomic E-state index is 7.17. The first-order chi connectivity index (χ1) is 30.9. The monoisotopic (exact) mass is 805 g/mol. The number of hydrogen-bond donors (Lipinski definition) is 0. The summed E-state index contributed by atoms with van der Waals surface area (Å²) in [4.78, 5) is 0. The maximum atomic E-state index is 7.17. The molecule has 0 atom stereocenters. The molecular formula is C58H40BN3O. The summed E-state index contributed by atoms with van der Waals surface area (Å²) >= 11 is 0. The van der Waals surface area contributed by atoms with E-state index in [0.717, 1.165) is 28.4 Å². The van der Waals surface area contributed by atoms with E-state index < -0.39 is 0 Å². The average molecular weight is 806 g/mol. The molecule has 0 N–H and O–H groups in total. The zero-order chi connectivity index (χ0) is 41.7. The molecule has 0 unspecified atom stereocenters. The molecule has 0 amide bonds. The predicted octanol–water partition coefficient (Wildman–Crippen LogP) is 12.9. The fraction of sp³-hybridized carbons (Fsp3) is 0.0690. The van der Waals surface area contributed by atoms with Crippen LogP contribution in [0.5, 0.6) is 11.5 Å². The molecule has 9 aromatic carbocycles. The van der Waals surface area contributed by atoms with E-state index in [0.29, 0.717) is 0 Å². The first-order valence-electron chi connectivity index (χ1n) is 22.0. The molecule has 5 heteroatoms. The van der Waals surface area contributed by atoms with Gasteiger partial charge in [-0.3, -0.25) is 0 Å². The lowest BCUT2D eigenvalue weighted by molar-refractivity contribution is 0.483. The molecule has 0 bridgehead atoms. The highest BCUT2D eigenvalue weighted by Gasteiger charge is 2.42. The highest BCUT2D eigenvalue weighted by Crippen LogP contribution is 2.43. The Morgan fingerprint density at radius 1 is 0.397 bits per heavy atom. The van der Waals surface area contributed by atoms with E-state index in [1.54, 1.807) is 0 Å². The molecule has 63 heavy (non-hydrogen) atoms. The number of para-hydroxylation sites is 4. The summed E-state index contributed by atoms with van der Waals surface area (Å²) in [5.41, 5.74) is 17.9. The number of rotatable bonds is 3. The topological polar surface area (TPSA) is 24.0 Å². The fourth-order valence-corrected chi connectivity index (χ4v) is 11.2. The van der Waals surface area contributed by atoms with Gasteiger partial charge in [0.1, 0.15) is 11.5 Å². The van der Waals surface area contributed by atoms with Crippen LogP contribution < -0.4 is 21.1 Å². The van der Waals surface area contributed by atoms with Crippen LogP contribution in [0.25, 0.3) is 93.6 Å². The predicted molar refractivity (Wildman–Crippen MR) is 265 cm³/mol. The molecule has 12 aromatic rings. The van der Waals surface area contributed by atoms with Crippen LogP contribution in [0, 0.1) is 0 Å². The zero-order valence-corrected chi connectivity index (χ0v) is 35.2. The molecule has 14 rings (SSSR count). The Morgan fingerprint density at radius 3 is 1.57 bits per heavy atom. The average Bonchev–Trinajstić information content (AvgIpc) is 3.96. The highest BCUT2D eigenvalue weighted by atomic mass is 16.5. The molecule has 0 radical (unpaired) electrons. The largest absolute Gasteiger partial charge is 0.458 e. The van der Waals surface area contributed by atoms with Gasteiger partial charge in [-0.05, 0) is 111 Å². The number of hydrogen-bond acceptors (Lipinski definition) is 1. The molecule has 2 aliphatic rings. The van der Waals surface area contributed by atoms with E-state index in [9.17, 15) is 0 Å². The third-order valence-corrected chi connectivity index (χ3v) is 14.0. The van der Waals surface area contributed by atoms with E-state index >= 15 is 0 Å². The quantitative estimate of drug-likeness (QED) is 0.163. The number of ether oxygens (including phenoxy) is 1. The normalized spacial score (nSPS) is 13.1. The van der Waals surface area contributed by atoms with Crippen molar-refractivity contribution in [1.29, 1.82) is 0 Å². The van der Waals surface area contributed by atoms with Crippen molar-refractivity contribution in [3.63, 3.8) is 0 Å². The van der Waals surface area contributed by atoms with Crippen molar-refractivity contribution in [1.82, 2.24) is 13.7 Å². The van der Waals surface area contributed by atoms with Crippen molar-refractivity contribution in [2.24, 2.45) is 0 Å². The lowest BCUT2D eigenvalue weighted by Gasteiger charge is -2.35. The van der Waals surface area contributed by atoms with Gasteiger partial charge in [0, 0.05) is 54.9 Å². The second-order valence-corrected chi connectivity index (χ2v) is 18.5. The van der Waals surface area contributed by atoms with E-state index in [4.69, 9.17) is 4.74 Å². The molecule has 5 heterocycles. The van der Waals surface area contributed by atoms with Gasteiger partial charge in [0.25, 0.3) is 6.71 Å². The minimum absolute atomic E-state index is 0.0352. The summed E-state index contributed by atoms with van der Waals surface area (Å²) in [5, 5.41) is 7.48. The standard InChI is InChI=1S/C58H40BN3O/c1-58(2,3)37-25-27-46-54(31-37)63-55-30-36(35-15-5-4-6-16-35)29-53-56(55)59(46)47-34-39(61-50-23-13-9-19-42(50)43-20-10-14-24-51(43)61)33-45-44-32-38(26-28-52(44)62(53)57(45)47)60-48-21-11-7-17-40(48)41-18-8-12-22-49(41)60/h4-34H,1-3H3. The second-order valence-electron chi connectivity index (χ2n) is 18.5. The SMILES string of the molecule is CC(C)(C)c1ccc2c(c1)Oc1cc(-c3ccccc3)cc3c1B2c1cc(-n2c4ccccc4c4ccccc42)cc2c4cc(-n5c6ccccc6c6ccccc65)ccc4n-3c12. The van der Waals surface area contributed by atoms with Gasteiger partial charge in [-0.1, -0.05) is 136 Å². The number of aromatic nitrogens is 3. The molecule has 0 saturated carbocycles. The molecular weight excluding hydrogens is 765 g/mol. The van der Waals surface area contributed by atoms with Crippen LogP contribution in [0.4, 0.5) is 0 Å². The minimum atomic E-state index is -0.0539. The van der Waals surface area contributed by atoms with E-state index in [-0.39, 0.29) is 12.1 Å². The van der Waals surface area contributed by atoms with Crippen LogP contribution >= 0.6 is 0 Å². The van der Waals surface area contributed by atoms with Crippen molar-refractivity contribution in [3.8, 4) is 39.7 Å². The first-order valence-corrected chi connectivity index (χ1v) is 22.0. The van der Waals surface area contributed by atoms with Gasteiger partial charge in [-0.25, -0.2) is 0 Å². The van der Waals surface area contributed by atoms with Gasteiger partial charge < -0.3 is 18.4 Å². The van der Waals surface area contributed by atoms with Crippen LogP contribution in [0.15, 0.2) is 188 Å². The van der Waals surface area contributed by atoms with Crippen molar-refractivity contribution in [2.75, 3.05) is 0 Å². The van der Waals surface area contributed by atoms with E-state index in [1.165, 1.54) is 98.6 Å². The Kier molecular flexibility index (Phi) is 6.88. The fourth-order valence-electron chi connectivity index (χ4n) is 11.2. The molecule has 4 nitrogen and oxygen atoms in total. The summed E-state index contributed by atoms with van der Waals surface area (Å²) in [6, 6.07) is 69.7. The molecule has 3 aromatic heterocycles.